The third kappa shape index (κ3) is 4.41. The number of nitrogens with zero attached hydrogens (tertiary/aromatic N) is 1. The van der Waals surface area contributed by atoms with Crippen LogP contribution in [0, 0.1) is 0 Å². The molecule has 0 saturated carbocycles. The van der Waals surface area contributed by atoms with Crippen LogP contribution >= 0.6 is 0 Å². The summed E-state index contributed by atoms with van der Waals surface area (Å²) in [6.07, 6.45) is 0. The molecule has 1 aliphatic rings. The summed E-state index contributed by atoms with van der Waals surface area (Å²) in [5, 5.41) is 10.3. The van der Waals surface area contributed by atoms with Crippen LogP contribution < -0.4 is 0 Å². The Bertz CT molecular complexity index is 3340. The topological polar surface area (TPSA) is 4.93 Å². The molecule has 0 atom stereocenters. The van der Waals surface area contributed by atoms with Gasteiger partial charge in [0.05, 0.1) is 11.0 Å². The highest BCUT2D eigenvalue weighted by Gasteiger charge is 2.23. The third-order valence-electron chi connectivity index (χ3n) is 12.0. The number of rotatable bonds is 2. The van der Waals surface area contributed by atoms with E-state index in [4.69, 9.17) is 0 Å². The standard InChI is InChI=1S/C54H33N/c1-2-14-38-37(13-1)39-15-3-6-20-44(39)48-29-27-36(33-51(48)46-22-10-8-18-42(38)46)55-53-24-12-11-23-49(53)52-32-35(26-30-54(52)55)34-25-28-47-43-19-5-4-16-40(43)41-17-7-9-21-45(41)50(47)31-34/h1-33H. The van der Waals surface area contributed by atoms with Crippen molar-refractivity contribution in [2.24, 2.45) is 0 Å². The first-order chi connectivity index (χ1) is 27.3. The van der Waals surface area contributed by atoms with Gasteiger partial charge in [-0.3, -0.25) is 0 Å². The fourth-order valence-corrected chi connectivity index (χ4v) is 9.51. The van der Waals surface area contributed by atoms with E-state index in [0.29, 0.717) is 0 Å². The molecule has 10 aromatic carbocycles. The van der Waals surface area contributed by atoms with Gasteiger partial charge >= 0.3 is 0 Å². The van der Waals surface area contributed by atoms with E-state index in [1.165, 1.54) is 110 Å². The van der Waals surface area contributed by atoms with E-state index in [1.807, 2.05) is 0 Å². The second-order valence-electron chi connectivity index (χ2n) is 14.8. The van der Waals surface area contributed by atoms with E-state index >= 15 is 0 Å². The van der Waals surface area contributed by atoms with Gasteiger partial charge in [0.1, 0.15) is 0 Å². The number of fused-ring (bicyclic) bond motifs is 17. The first-order valence-corrected chi connectivity index (χ1v) is 19.1. The lowest BCUT2D eigenvalue weighted by Crippen LogP contribution is -1.99. The molecule has 11 aromatic rings. The highest BCUT2D eigenvalue weighted by Crippen LogP contribution is 2.48. The van der Waals surface area contributed by atoms with E-state index in [1.54, 1.807) is 0 Å². The van der Waals surface area contributed by atoms with Crippen LogP contribution in [0.1, 0.15) is 0 Å². The van der Waals surface area contributed by atoms with Crippen molar-refractivity contribution in [3.05, 3.63) is 200 Å². The summed E-state index contributed by atoms with van der Waals surface area (Å²) >= 11 is 0. The number of hydrogen-bond acceptors (Lipinski definition) is 0. The molecule has 1 heteroatoms. The summed E-state index contributed by atoms with van der Waals surface area (Å²) in [5.41, 5.74) is 16.1. The SMILES string of the molecule is c1ccc2c(c1)-c1ccccc1-c1ccc(-n3c4ccccc4c4cc(-c5ccc6c7ccccc7c7ccccc7c6c5)ccc43)cc1-c1ccccc1-2. The van der Waals surface area contributed by atoms with Gasteiger partial charge in [-0.1, -0.05) is 164 Å². The number of aromatic nitrogens is 1. The molecule has 0 bridgehead atoms. The van der Waals surface area contributed by atoms with E-state index < -0.39 is 0 Å². The van der Waals surface area contributed by atoms with Crippen LogP contribution in [-0.4, -0.2) is 4.57 Å². The van der Waals surface area contributed by atoms with Crippen molar-refractivity contribution in [3.8, 4) is 61.3 Å². The zero-order valence-electron chi connectivity index (χ0n) is 30.0. The fraction of sp³-hybridized carbons (Fsp3) is 0. The molecule has 1 aliphatic carbocycles. The molecule has 1 nitrogen and oxygen atoms in total. The maximum absolute atomic E-state index is 2.45. The average Bonchev–Trinajstić information content (AvgIpc) is 3.59. The predicted octanol–water partition coefficient (Wildman–Crippen LogP) is 14.9. The Morgan fingerprint density at radius 3 is 1.16 bits per heavy atom. The second kappa shape index (κ2) is 11.6. The summed E-state index contributed by atoms with van der Waals surface area (Å²) in [4.78, 5) is 0. The highest BCUT2D eigenvalue weighted by atomic mass is 15.0. The van der Waals surface area contributed by atoms with Gasteiger partial charge in [0.15, 0.2) is 0 Å². The molecule has 254 valence electrons. The van der Waals surface area contributed by atoms with Crippen LogP contribution in [0.4, 0.5) is 0 Å². The average molecular weight is 696 g/mol. The maximum Gasteiger partial charge on any atom is 0.0541 e. The van der Waals surface area contributed by atoms with Crippen molar-refractivity contribution in [2.45, 2.75) is 0 Å². The summed E-state index contributed by atoms with van der Waals surface area (Å²) < 4.78 is 2.45. The molecule has 0 radical (unpaired) electrons. The van der Waals surface area contributed by atoms with Gasteiger partial charge in [0.2, 0.25) is 0 Å². The molecule has 1 heterocycles. The monoisotopic (exact) mass is 695 g/mol. The van der Waals surface area contributed by atoms with Crippen molar-refractivity contribution >= 4 is 54.1 Å². The number of para-hydroxylation sites is 1. The smallest absolute Gasteiger partial charge is 0.0541 e. The Morgan fingerprint density at radius 2 is 0.600 bits per heavy atom. The Kier molecular flexibility index (Phi) is 6.40. The summed E-state index contributed by atoms with van der Waals surface area (Å²) in [7, 11) is 0. The zero-order chi connectivity index (χ0) is 36.0. The molecule has 0 amide bonds. The van der Waals surface area contributed by atoms with Crippen molar-refractivity contribution in [3.63, 3.8) is 0 Å². The minimum Gasteiger partial charge on any atom is -0.309 e. The van der Waals surface area contributed by atoms with Gasteiger partial charge in [0, 0.05) is 16.5 Å². The molecular formula is C54H33N. The quantitative estimate of drug-likeness (QED) is 0.159. The molecule has 0 fully saturated rings. The summed E-state index contributed by atoms with van der Waals surface area (Å²) in [6.45, 7) is 0. The van der Waals surface area contributed by atoms with Crippen LogP contribution in [0.5, 0.6) is 0 Å². The van der Waals surface area contributed by atoms with Gasteiger partial charge in [-0.05, 0) is 124 Å². The van der Waals surface area contributed by atoms with Gasteiger partial charge in [-0.15, -0.1) is 0 Å². The molecular weight excluding hydrogens is 663 g/mol. The van der Waals surface area contributed by atoms with Gasteiger partial charge < -0.3 is 4.57 Å². The van der Waals surface area contributed by atoms with Crippen LogP contribution in [0.15, 0.2) is 200 Å². The van der Waals surface area contributed by atoms with E-state index in [0.717, 1.165) is 5.69 Å². The van der Waals surface area contributed by atoms with Gasteiger partial charge in [-0.2, -0.15) is 0 Å². The lowest BCUT2D eigenvalue weighted by atomic mass is 9.81. The minimum atomic E-state index is 1.16. The van der Waals surface area contributed by atoms with Crippen LogP contribution in [0.3, 0.4) is 0 Å². The third-order valence-corrected chi connectivity index (χ3v) is 12.0. The lowest BCUT2D eigenvalue weighted by Gasteiger charge is -2.24. The molecule has 0 aliphatic heterocycles. The number of benzene rings is 10. The van der Waals surface area contributed by atoms with E-state index in [2.05, 4.69) is 205 Å². The van der Waals surface area contributed by atoms with Crippen molar-refractivity contribution in [1.82, 2.24) is 4.57 Å². The number of hydrogen-bond donors (Lipinski definition) is 0. The molecule has 0 spiro atoms. The maximum atomic E-state index is 2.45. The normalized spacial score (nSPS) is 12.0. The lowest BCUT2D eigenvalue weighted by molar-refractivity contribution is 1.18. The molecule has 1 aromatic heterocycles. The Morgan fingerprint density at radius 1 is 0.218 bits per heavy atom. The Balaban J connectivity index is 1.07. The second-order valence-corrected chi connectivity index (χ2v) is 14.8. The van der Waals surface area contributed by atoms with Crippen LogP contribution in [-0.2, 0) is 0 Å². The fourth-order valence-electron chi connectivity index (χ4n) is 9.51. The molecule has 12 rings (SSSR count). The first-order valence-electron chi connectivity index (χ1n) is 19.1. The largest absolute Gasteiger partial charge is 0.309 e. The minimum absolute atomic E-state index is 1.16. The van der Waals surface area contributed by atoms with Crippen molar-refractivity contribution in [2.75, 3.05) is 0 Å². The van der Waals surface area contributed by atoms with Crippen molar-refractivity contribution in [1.29, 1.82) is 0 Å². The summed E-state index contributed by atoms with van der Waals surface area (Å²) in [6, 6.07) is 74.2. The highest BCUT2D eigenvalue weighted by molar-refractivity contribution is 6.26. The van der Waals surface area contributed by atoms with Crippen LogP contribution in [0.25, 0.3) is 115 Å². The van der Waals surface area contributed by atoms with Crippen LogP contribution in [0.2, 0.25) is 0 Å². The molecule has 0 N–H and O–H groups in total. The van der Waals surface area contributed by atoms with Crippen molar-refractivity contribution < 1.29 is 0 Å². The summed E-state index contributed by atoms with van der Waals surface area (Å²) in [5.74, 6) is 0. The Hall–Kier alpha value is -7.22. The Labute approximate surface area is 319 Å². The first kappa shape index (κ1) is 30.3. The van der Waals surface area contributed by atoms with E-state index in [9.17, 15) is 0 Å². The zero-order valence-corrected chi connectivity index (χ0v) is 30.0. The van der Waals surface area contributed by atoms with Gasteiger partial charge in [0.25, 0.3) is 0 Å². The molecule has 55 heavy (non-hydrogen) atoms. The molecule has 0 unspecified atom stereocenters. The van der Waals surface area contributed by atoms with Gasteiger partial charge in [-0.25, -0.2) is 0 Å². The predicted molar refractivity (Wildman–Crippen MR) is 234 cm³/mol. The van der Waals surface area contributed by atoms with E-state index in [-0.39, 0.29) is 0 Å². The molecule has 0 saturated heterocycles.